The van der Waals surface area contributed by atoms with Crippen LogP contribution in [0.4, 0.5) is 13.2 Å². The molecule has 0 aliphatic heterocycles. The Hall–Kier alpha value is -1.70. The summed E-state index contributed by atoms with van der Waals surface area (Å²) in [6, 6.07) is 5.41. The van der Waals surface area contributed by atoms with Crippen LogP contribution in [0, 0.1) is 11.3 Å². The van der Waals surface area contributed by atoms with Gasteiger partial charge in [0.05, 0.1) is 18.7 Å². The highest BCUT2D eigenvalue weighted by atomic mass is 19.4. The summed E-state index contributed by atoms with van der Waals surface area (Å²) in [5, 5.41) is 8.39. The van der Waals surface area contributed by atoms with Gasteiger partial charge in [-0.1, -0.05) is 6.07 Å². The second-order valence-electron chi connectivity index (χ2n) is 3.54. The Labute approximate surface area is 97.6 Å². The molecule has 92 valence electrons. The van der Waals surface area contributed by atoms with Gasteiger partial charge in [-0.3, -0.25) is 0 Å². The second-order valence-corrected chi connectivity index (χ2v) is 3.54. The summed E-state index contributed by atoms with van der Waals surface area (Å²) in [7, 11) is 1.34. The fourth-order valence-corrected chi connectivity index (χ4v) is 1.49. The number of alkyl halides is 3. The van der Waals surface area contributed by atoms with Crippen molar-refractivity contribution in [3.63, 3.8) is 0 Å². The molecule has 1 aromatic rings. The van der Waals surface area contributed by atoms with Crippen molar-refractivity contribution in [2.75, 3.05) is 7.11 Å². The van der Waals surface area contributed by atoms with Crippen molar-refractivity contribution in [2.24, 2.45) is 0 Å². The molecular weight excluding hydrogens is 231 g/mol. The quantitative estimate of drug-likeness (QED) is 0.757. The molecule has 0 N–H and O–H groups in total. The Morgan fingerprint density at radius 2 is 2.06 bits per heavy atom. The first-order valence-corrected chi connectivity index (χ1v) is 5.10. The summed E-state index contributed by atoms with van der Waals surface area (Å²) in [4.78, 5) is 0. The van der Waals surface area contributed by atoms with E-state index in [1.807, 2.05) is 6.07 Å². The van der Waals surface area contributed by atoms with E-state index in [9.17, 15) is 13.2 Å². The summed E-state index contributed by atoms with van der Waals surface area (Å²) in [6.07, 6.45) is -2.84. The standard InChI is InChI=1S/C12H12F3NO/c1-17-11-8-10(12(13,14)15)6-5-9(11)4-2-3-7-16/h5-6,8H,2-4H2,1H3. The van der Waals surface area contributed by atoms with Crippen LogP contribution in [0.5, 0.6) is 5.75 Å². The van der Waals surface area contributed by atoms with Crippen molar-refractivity contribution in [1.82, 2.24) is 0 Å². The molecule has 0 aliphatic rings. The lowest BCUT2D eigenvalue weighted by Crippen LogP contribution is -2.06. The minimum atomic E-state index is -4.36. The highest BCUT2D eigenvalue weighted by Gasteiger charge is 2.31. The third-order valence-corrected chi connectivity index (χ3v) is 2.35. The molecule has 0 bridgehead atoms. The third-order valence-electron chi connectivity index (χ3n) is 2.35. The largest absolute Gasteiger partial charge is 0.496 e. The van der Waals surface area contributed by atoms with Crippen LogP contribution >= 0.6 is 0 Å². The van der Waals surface area contributed by atoms with E-state index in [1.165, 1.54) is 13.2 Å². The number of unbranched alkanes of at least 4 members (excludes halogenated alkanes) is 1. The molecule has 17 heavy (non-hydrogen) atoms. The number of benzene rings is 1. The topological polar surface area (TPSA) is 33.0 Å². The molecule has 1 aromatic carbocycles. The van der Waals surface area contributed by atoms with E-state index >= 15 is 0 Å². The molecule has 1 rings (SSSR count). The van der Waals surface area contributed by atoms with Crippen LogP contribution in [0.25, 0.3) is 0 Å². The van der Waals surface area contributed by atoms with Crippen molar-refractivity contribution in [1.29, 1.82) is 5.26 Å². The number of hydrogen-bond donors (Lipinski definition) is 0. The minimum absolute atomic E-state index is 0.220. The maximum Gasteiger partial charge on any atom is 0.416 e. The molecule has 0 radical (unpaired) electrons. The average Bonchev–Trinajstić information content (AvgIpc) is 2.28. The Bertz CT molecular complexity index is 421. The van der Waals surface area contributed by atoms with Gasteiger partial charge in [-0.2, -0.15) is 18.4 Å². The van der Waals surface area contributed by atoms with Crippen molar-refractivity contribution < 1.29 is 17.9 Å². The molecule has 0 spiro atoms. The van der Waals surface area contributed by atoms with Crippen LogP contribution in [-0.2, 0) is 12.6 Å². The monoisotopic (exact) mass is 243 g/mol. The Kier molecular flexibility index (Phi) is 4.38. The van der Waals surface area contributed by atoms with E-state index in [-0.39, 0.29) is 5.75 Å². The first kappa shape index (κ1) is 13.4. The lowest BCUT2D eigenvalue weighted by atomic mass is 10.0. The highest BCUT2D eigenvalue weighted by molar-refractivity contribution is 5.38. The second kappa shape index (κ2) is 5.58. The van der Waals surface area contributed by atoms with E-state index in [0.717, 1.165) is 12.1 Å². The van der Waals surface area contributed by atoms with Crippen LogP contribution in [0.15, 0.2) is 18.2 Å². The molecule has 2 nitrogen and oxygen atoms in total. The molecule has 0 saturated heterocycles. The SMILES string of the molecule is COc1cc(C(F)(F)F)ccc1CCCC#N. The zero-order chi connectivity index (χ0) is 12.9. The maximum atomic E-state index is 12.4. The van der Waals surface area contributed by atoms with Gasteiger partial charge in [-0.05, 0) is 30.5 Å². The molecule has 0 atom stereocenters. The van der Waals surface area contributed by atoms with Gasteiger partial charge in [0.15, 0.2) is 0 Å². The molecule has 0 amide bonds. The molecule has 0 aromatic heterocycles. The number of methoxy groups -OCH3 is 1. The van der Waals surface area contributed by atoms with E-state index in [2.05, 4.69) is 0 Å². The molecule has 0 saturated carbocycles. The van der Waals surface area contributed by atoms with Crippen molar-refractivity contribution in [3.8, 4) is 11.8 Å². The average molecular weight is 243 g/mol. The van der Waals surface area contributed by atoms with E-state index in [1.54, 1.807) is 0 Å². The van der Waals surface area contributed by atoms with Crippen LogP contribution in [0.3, 0.4) is 0 Å². The summed E-state index contributed by atoms with van der Waals surface area (Å²) >= 11 is 0. The number of ether oxygens (including phenoxy) is 1. The van der Waals surface area contributed by atoms with E-state index in [0.29, 0.717) is 24.8 Å². The summed E-state index contributed by atoms with van der Waals surface area (Å²) < 4.78 is 42.3. The van der Waals surface area contributed by atoms with Gasteiger partial charge in [-0.15, -0.1) is 0 Å². The highest BCUT2D eigenvalue weighted by Crippen LogP contribution is 2.33. The van der Waals surface area contributed by atoms with Gasteiger partial charge >= 0.3 is 6.18 Å². The molecular formula is C12H12F3NO. The normalized spacial score (nSPS) is 11.0. The summed E-state index contributed by atoms with van der Waals surface area (Å²) in [5.74, 6) is 0.220. The molecule has 0 unspecified atom stereocenters. The van der Waals surface area contributed by atoms with Gasteiger partial charge in [0, 0.05) is 6.42 Å². The van der Waals surface area contributed by atoms with Gasteiger partial charge in [-0.25, -0.2) is 0 Å². The van der Waals surface area contributed by atoms with Gasteiger partial charge in [0.1, 0.15) is 5.75 Å². The number of nitriles is 1. The zero-order valence-electron chi connectivity index (χ0n) is 9.34. The summed E-state index contributed by atoms with van der Waals surface area (Å²) in [6.45, 7) is 0. The third kappa shape index (κ3) is 3.66. The maximum absolute atomic E-state index is 12.4. The van der Waals surface area contributed by atoms with Gasteiger partial charge in [0.25, 0.3) is 0 Å². The zero-order valence-corrected chi connectivity index (χ0v) is 9.34. The Morgan fingerprint density at radius 3 is 2.59 bits per heavy atom. The molecule has 0 heterocycles. The van der Waals surface area contributed by atoms with Crippen molar-refractivity contribution in [3.05, 3.63) is 29.3 Å². The van der Waals surface area contributed by atoms with Gasteiger partial charge < -0.3 is 4.74 Å². The summed E-state index contributed by atoms with van der Waals surface area (Å²) in [5.41, 5.74) is -0.0332. The Morgan fingerprint density at radius 1 is 1.35 bits per heavy atom. The van der Waals surface area contributed by atoms with Crippen LogP contribution in [-0.4, -0.2) is 7.11 Å². The van der Waals surface area contributed by atoms with E-state index in [4.69, 9.17) is 10.00 Å². The number of aryl methyl sites for hydroxylation is 1. The molecule has 0 fully saturated rings. The first-order chi connectivity index (χ1) is 7.99. The predicted molar refractivity (Wildman–Crippen MR) is 56.5 cm³/mol. The first-order valence-electron chi connectivity index (χ1n) is 5.10. The number of rotatable bonds is 4. The number of nitrogens with zero attached hydrogens (tertiary/aromatic N) is 1. The van der Waals surface area contributed by atoms with Crippen LogP contribution in [0.2, 0.25) is 0 Å². The number of hydrogen-bond acceptors (Lipinski definition) is 2. The lowest BCUT2D eigenvalue weighted by Gasteiger charge is -2.12. The smallest absolute Gasteiger partial charge is 0.416 e. The number of halogens is 3. The fourth-order valence-electron chi connectivity index (χ4n) is 1.49. The van der Waals surface area contributed by atoms with Gasteiger partial charge in [0.2, 0.25) is 0 Å². The molecule has 5 heteroatoms. The molecule has 0 aliphatic carbocycles. The van der Waals surface area contributed by atoms with Crippen LogP contribution in [0.1, 0.15) is 24.0 Å². The predicted octanol–water partition coefficient (Wildman–Crippen LogP) is 3.56. The van der Waals surface area contributed by atoms with Crippen molar-refractivity contribution in [2.45, 2.75) is 25.4 Å². The Balaban J connectivity index is 2.90. The van der Waals surface area contributed by atoms with E-state index < -0.39 is 11.7 Å². The minimum Gasteiger partial charge on any atom is -0.496 e. The fraction of sp³-hybridized carbons (Fsp3) is 0.417. The lowest BCUT2D eigenvalue weighted by molar-refractivity contribution is -0.137. The van der Waals surface area contributed by atoms with Crippen LogP contribution < -0.4 is 4.74 Å². The van der Waals surface area contributed by atoms with Crippen molar-refractivity contribution >= 4 is 0 Å².